The van der Waals surface area contributed by atoms with E-state index < -0.39 is 0 Å². The van der Waals surface area contributed by atoms with Gasteiger partial charge in [0.25, 0.3) is 0 Å². The number of quaternary nitrogens is 2. The lowest BCUT2D eigenvalue weighted by molar-refractivity contribution is -0.927. The Morgan fingerprint density at radius 3 is 1.36 bits per heavy atom. The lowest BCUT2D eigenvalue weighted by Gasteiger charge is -2.39. The van der Waals surface area contributed by atoms with Crippen molar-refractivity contribution in [3.05, 3.63) is 0 Å². The molecule has 4 saturated heterocycles. The van der Waals surface area contributed by atoms with Crippen LogP contribution in [0.25, 0.3) is 0 Å². The van der Waals surface area contributed by atoms with Crippen molar-refractivity contribution in [2.75, 3.05) is 53.0 Å². The van der Waals surface area contributed by atoms with Crippen LogP contribution >= 0.6 is 0 Å². The molecule has 0 atom stereocenters. The molecule has 4 aliphatic heterocycles. The summed E-state index contributed by atoms with van der Waals surface area (Å²) in [6, 6.07) is -0.106. The fourth-order valence-corrected chi connectivity index (χ4v) is 4.10. The van der Waals surface area contributed by atoms with E-state index in [1.807, 2.05) is 0 Å². The smallest absolute Gasteiger partial charge is 0.332 e. The zero-order chi connectivity index (χ0) is 15.4. The molecule has 4 fully saturated rings. The van der Waals surface area contributed by atoms with E-state index in [0.29, 0.717) is 39.8 Å². The Hall–Kier alpha value is -1.62. The summed E-state index contributed by atoms with van der Waals surface area (Å²) in [7, 11) is 0. The van der Waals surface area contributed by atoms with E-state index in [4.69, 9.17) is 10.2 Å². The van der Waals surface area contributed by atoms with Crippen LogP contribution in [0.3, 0.4) is 0 Å². The van der Waals surface area contributed by atoms with Crippen LogP contribution in [0.1, 0.15) is 0 Å². The number of aliphatic hydroxyl groups is 2. The summed E-state index contributed by atoms with van der Waals surface area (Å²) in [5.74, 6) is 0. The number of rotatable bonds is 4. The molecule has 122 valence electrons. The van der Waals surface area contributed by atoms with Crippen LogP contribution in [-0.2, 0) is 0 Å². The average Bonchev–Trinajstić information content (AvgIpc) is 2.94. The molecule has 4 N–H and O–H groups in total. The van der Waals surface area contributed by atoms with E-state index in [-0.39, 0.29) is 37.6 Å². The van der Waals surface area contributed by atoms with Crippen LogP contribution in [0, 0.1) is 0 Å². The van der Waals surface area contributed by atoms with Crippen LogP contribution in [0.5, 0.6) is 0 Å². The van der Waals surface area contributed by atoms with Crippen molar-refractivity contribution in [3.63, 3.8) is 0 Å². The molecule has 4 rings (SSSR count). The first kappa shape index (κ1) is 14.0. The van der Waals surface area contributed by atoms with E-state index in [2.05, 4.69) is 0 Å². The van der Waals surface area contributed by atoms with Gasteiger partial charge in [0.2, 0.25) is 0 Å². The Labute approximate surface area is 127 Å². The van der Waals surface area contributed by atoms with Crippen LogP contribution in [-0.4, -0.2) is 107 Å². The molecule has 0 saturated carbocycles. The molecule has 4 heterocycles. The predicted molar refractivity (Wildman–Crippen MR) is 71.0 cm³/mol. The number of hydrogen-bond donors (Lipinski definition) is 4. The summed E-state index contributed by atoms with van der Waals surface area (Å²) >= 11 is 0. The van der Waals surface area contributed by atoms with Gasteiger partial charge in [-0.1, -0.05) is 0 Å². The van der Waals surface area contributed by atoms with Gasteiger partial charge in [0.1, 0.15) is 13.1 Å². The molecule has 4 aliphatic rings. The van der Waals surface area contributed by atoms with Crippen LogP contribution < -0.4 is 9.80 Å². The summed E-state index contributed by atoms with van der Waals surface area (Å²) in [6.07, 6.45) is -0.420. The summed E-state index contributed by atoms with van der Waals surface area (Å²) in [4.78, 5) is 34.4. The molecular weight excluding hydrogens is 292 g/mol. The summed E-state index contributed by atoms with van der Waals surface area (Å²) in [6.45, 7) is 3.19. The minimum Gasteiger partial charge on any atom is -0.391 e. The number of carbonyl (C=O) groups is 2. The standard InChI is InChI=1S/C12H20N6O4/c19-3-1-13-5-15-9-10-17(11(15)21)7-14(2-4-20)8-18(10)12(22)16(9)6-13/h9-10,19-20H,1-8H2/p+2. The van der Waals surface area contributed by atoms with Gasteiger partial charge < -0.3 is 10.2 Å². The lowest BCUT2D eigenvalue weighted by atomic mass is 10.3. The number of hydrogen-bond acceptors (Lipinski definition) is 4. The van der Waals surface area contributed by atoms with Gasteiger partial charge in [0.15, 0.2) is 39.0 Å². The van der Waals surface area contributed by atoms with Crippen LogP contribution in [0.15, 0.2) is 0 Å². The van der Waals surface area contributed by atoms with E-state index in [0.717, 1.165) is 9.80 Å². The Bertz CT molecular complexity index is 428. The molecule has 10 heteroatoms. The van der Waals surface area contributed by atoms with Gasteiger partial charge in [-0.25, -0.2) is 9.59 Å². The maximum absolute atomic E-state index is 12.7. The highest BCUT2D eigenvalue weighted by Crippen LogP contribution is 2.34. The number of amides is 4. The Balaban J connectivity index is 1.64. The number of nitrogens with zero attached hydrogens (tertiary/aromatic N) is 4. The first-order valence-corrected chi connectivity index (χ1v) is 7.69. The van der Waals surface area contributed by atoms with Gasteiger partial charge >= 0.3 is 12.1 Å². The molecule has 4 amide bonds. The maximum Gasteiger partial charge on any atom is 0.332 e. The second kappa shape index (κ2) is 4.95. The highest BCUT2D eigenvalue weighted by Gasteiger charge is 2.65. The normalized spacial score (nSPS) is 36.5. The minimum absolute atomic E-state index is 0.0370. The van der Waals surface area contributed by atoms with E-state index in [1.165, 1.54) is 0 Å². The lowest BCUT2D eigenvalue weighted by Crippen LogP contribution is -3.18. The Morgan fingerprint density at radius 1 is 0.773 bits per heavy atom. The number of aliphatic hydroxyl groups excluding tert-OH is 2. The number of carbonyl (C=O) groups excluding carboxylic acids is 2. The second-order valence-electron chi connectivity index (χ2n) is 6.35. The first-order valence-electron chi connectivity index (χ1n) is 7.69. The molecule has 10 nitrogen and oxygen atoms in total. The van der Waals surface area contributed by atoms with Crippen molar-refractivity contribution in [3.8, 4) is 0 Å². The SMILES string of the molecule is O=C1N2C[NH+](CCO)CN3C(=O)N4C[NH+](CCO)CN1C4C23. The second-order valence-corrected chi connectivity index (χ2v) is 6.35. The molecule has 0 aromatic heterocycles. The van der Waals surface area contributed by atoms with E-state index in [9.17, 15) is 9.59 Å². The highest BCUT2D eigenvalue weighted by molar-refractivity contribution is 5.85. The van der Waals surface area contributed by atoms with Crippen molar-refractivity contribution < 1.29 is 29.6 Å². The fourth-order valence-electron chi connectivity index (χ4n) is 4.10. The van der Waals surface area contributed by atoms with E-state index >= 15 is 0 Å². The largest absolute Gasteiger partial charge is 0.391 e. The zero-order valence-corrected chi connectivity index (χ0v) is 12.3. The predicted octanol–water partition coefficient (Wildman–Crippen LogP) is -5.27. The molecule has 0 aliphatic carbocycles. The fraction of sp³-hybridized carbons (Fsp3) is 0.833. The van der Waals surface area contributed by atoms with Gasteiger partial charge in [-0.15, -0.1) is 0 Å². The summed E-state index contributed by atoms with van der Waals surface area (Å²) in [5, 5.41) is 18.3. The molecule has 0 unspecified atom stereocenters. The van der Waals surface area contributed by atoms with Gasteiger partial charge in [-0.05, 0) is 0 Å². The summed E-state index contributed by atoms with van der Waals surface area (Å²) < 4.78 is 0. The third-order valence-electron chi connectivity index (χ3n) is 5.03. The van der Waals surface area contributed by atoms with Crippen LogP contribution in [0.4, 0.5) is 9.59 Å². The topological polar surface area (TPSA) is 96.4 Å². The van der Waals surface area contributed by atoms with Gasteiger partial charge in [0.05, 0.1) is 13.2 Å². The Kier molecular flexibility index (Phi) is 3.15. The first-order chi connectivity index (χ1) is 10.7. The minimum atomic E-state index is -0.210. The molecule has 0 aromatic carbocycles. The van der Waals surface area contributed by atoms with Crippen molar-refractivity contribution >= 4 is 12.1 Å². The van der Waals surface area contributed by atoms with Gasteiger partial charge in [0, 0.05) is 0 Å². The third kappa shape index (κ3) is 1.75. The maximum atomic E-state index is 12.7. The average molecular weight is 314 g/mol. The Morgan fingerprint density at radius 2 is 1.09 bits per heavy atom. The van der Waals surface area contributed by atoms with Crippen molar-refractivity contribution in [1.82, 2.24) is 19.6 Å². The zero-order valence-electron chi connectivity index (χ0n) is 12.3. The highest BCUT2D eigenvalue weighted by atomic mass is 16.3. The third-order valence-corrected chi connectivity index (χ3v) is 5.03. The molecule has 0 radical (unpaired) electrons. The summed E-state index contributed by atoms with van der Waals surface area (Å²) in [5.41, 5.74) is 0. The molecule has 22 heavy (non-hydrogen) atoms. The monoisotopic (exact) mass is 314 g/mol. The molecule has 0 bridgehead atoms. The number of nitrogens with one attached hydrogen (secondary N) is 2. The van der Waals surface area contributed by atoms with Gasteiger partial charge in [-0.2, -0.15) is 0 Å². The van der Waals surface area contributed by atoms with Crippen molar-refractivity contribution in [2.24, 2.45) is 0 Å². The van der Waals surface area contributed by atoms with Crippen molar-refractivity contribution in [2.45, 2.75) is 12.3 Å². The van der Waals surface area contributed by atoms with Crippen molar-refractivity contribution in [1.29, 1.82) is 0 Å². The quantitative estimate of drug-likeness (QED) is 0.417. The number of urea groups is 2. The molecular formula is C12H22N6O4+2. The van der Waals surface area contributed by atoms with Crippen LogP contribution in [0.2, 0.25) is 0 Å². The van der Waals surface area contributed by atoms with E-state index in [1.54, 1.807) is 19.6 Å². The van der Waals surface area contributed by atoms with Gasteiger partial charge in [-0.3, -0.25) is 29.4 Å². The molecule has 0 aromatic rings. The molecule has 0 spiro atoms.